The van der Waals surface area contributed by atoms with Crippen molar-refractivity contribution in [2.45, 2.75) is 20.8 Å². The summed E-state index contributed by atoms with van der Waals surface area (Å²) < 4.78 is 0. The number of carbonyl (C=O) groups excluding carboxylic acids is 3. The molecule has 0 aliphatic carbocycles. The van der Waals surface area contributed by atoms with E-state index in [0.29, 0.717) is 24.3 Å². The topological polar surface area (TPSA) is 69.7 Å². The zero-order valence-corrected chi connectivity index (χ0v) is 17.1. The first kappa shape index (κ1) is 20.6. The third-order valence-corrected chi connectivity index (χ3v) is 5.32. The zero-order chi connectivity index (χ0) is 21.0. The minimum absolute atomic E-state index is 0.0762. The van der Waals surface area contributed by atoms with Crippen molar-refractivity contribution in [1.29, 1.82) is 0 Å². The van der Waals surface area contributed by atoms with Crippen LogP contribution in [0.5, 0.6) is 0 Å². The van der Waals surface area contributed by atoms with Gasteiger partial charge in [0, 0.05) is 43.1 Å². The molecule has 0 unspecified atom stereocenters. The van der Waals surface area contributed by atoms with Gasteiger partial charge in [-0.3, -0.25) is 14.4 Å². The molecular weight excluding hydrogens is 366 g/mol. The van der Waals surface area contributed by atoms with Gasteiger partial charge >= 0.3 is 0 Å². The molecule has 0 saturated carbocycles. The summed E-state index contributed by atoms with van der Waals surface area (Å²) in [6, 6.07) is 16.8. The molecule has 0 bridgehead atoms. The summed E-state index contributed by atoms with van der Waals surface area (Å²) in [5.41, 5.74) is 0.963. The van der Waals surface area contributed by atoms with E-state index >= 15 is 0 Å². The van der Waals surface area contributed by atoms with Gasteiger partial charge in [0.25, 0.3) is 0 Å². The molecule has 1 saturated heterocycles. The number of hydrogen-bond donors (Lipinski definition) is 1. The maximum Gasteiger partial charge on any atom is 0.239 e. The molecule has 152 valence electrons. The molecule has 0 radical (unpaired) electrons. The second kappa shape index (κ2) is 8.47. The number of para-hydroxylation sites is 1. The normalized spacial score (nSPS) is 14.4. The van der Waals surface area contributed by atoms with E-state index in [4.69, 9.17) is 0 Å². The van der Waals surface area contributed by atoms with Crippen LogP contribution in [0.3, 0.4) is 0 Å². The van der Waals surface area contributed by atoms with Gasteiger partial charge in [0.15, 0.2) is 5.78 Å². The van der Waals surface area contributed by atoms with Crippen molar-refractivity contribution in [2.24, 2.45) is 5.41 Å². The highest BCUT2D eigenvalue weighted by Gasteiger charge is 2.40. The van der Waals surface area contributed by atoms with Crippen molar-refractivity contribution in [3.8, 4) is 0 Å². The molecule has 6 heteroatoms. The van der Waals surface area contributed by atoms with Crippen molar-refractivity contribution in [1.82, 2.24) is 4.90 Å². The van der Waals surface area contributed by atoms with Crippen LogP contribution in [0.15, 0.2) is 54.6 Å². The molecule has 3 rings (SSSR count). The standard InChI is InChI=1S/C23H27N3O3/c1-17(27)18-8-7-9-19(16-18)24-21(28)23(2,3)22(29)26-14-12-25(13-15-26)20-10-5-4-6-11-20/h4-11,16H,12-15H2,1-3H3,(H,24,28). The number of nitrogens with one attached hydrogen (secondary N) is 1. The average molecular weight is 393 g/mol. The van der Waals surface area contributed by atoms with Crippen LogP contribution in [0.4, 0.5) is 11.4 Å². The number of nitrogens with zero attached hydrogens (tertiary/aromatic N) is 2. The van der Waals surface area contributed by atoms with E-state index in [2.05, 4.69) is 22.3 Å². The average Bonchev–Trinajstić information content (AvgIpc) is 2.74. The van der Waals surface area contributed by atoms with Gasteiger partial charge in [-0.2, -0.15) is 0 Å². The number of hydrogen-bond acceptors (Lipinski definition) is 4. The Labute approximate surface area is 171 Å². The smallest absolute Gasteiger partial charge is 0.239 e. The van der Waals surface area contributed by atoms with Gasteiger partial charge in [0.05, 0.1) is 0 Å². The maximum absolute atomic E-state index is 13.1. The number of anilines is 2. The fraction of sp³-hybridized carbons (Fsp3) is 0.348. The molecule has 6 nitrogen and oxygen atoms in total. The first-order chi connectivity index (χ1) is 13.8. The van der Waals surface area contributed by atoms with Crippen LogP contribution in [0.1, 0.15) is 31.1 Å². The van der Waals surface area contributed by atoms with Crippen molar-refractivity contribution in [2.75, 3.05) is 36.4 Å². The summed E-state index contributed by atoms with van der Waals surface area (Å²) in [7, 11) is 0. The van der Waals surface area contributed by atoms with E-state index in [9.17, 15) is 14.4 Å². The van der Waals surface area contributed by atoms with E-state index in [1.165, 1.54) is 6.92 Å². The van der Waals surface area contributed by atoms with Crippen LogP contribution in [-0.2, 0) is 9.59 Å². The minimum Gasteiger partial charge on any atom is -0.368 e. The lowest BCUT2D eigenvalue weighted by molar-refractivity contribution is -0.146. The molecule has 1 heterocycles. The molecule has 2 amide bonds. The molecule has 1 N–H and O–H groups in total. The molecule has 1 aliphatic heterocycles. The second-order valence-corrected chi connectivity index (χ2v) is 7.83. The Morgan fingerprint density at radius 2 is 1.55 bits per heavy atom. The van der Waals surface area contributed by atoms with Crippen molar-refractivity contribution < 1.29 is 14.4 Å². The highest BCUT2D eigenvalue weighted by atomic mass is 16.2. The summed E-state index contributed by atoms with van der Waals surface area (Å²) >= 11 is 0. The number of ketones is 1. The molecule has 1 fully saturated rings. The Kier molecular flexibility index (Phi) is 6.01. The predicted molar refractivity (Wildman–Crippen MR) is 114 cm³/mol. The van der Waals surface area contributed by atoms with Gasteiger partial charge < -0.3 is 15.1 Å². The molecule has 2 aromatic carbocycles. The molecule has 29 heavy (non-hydrogen) atoms. The second-order valence-electron chi connectivity index (χ2n) is 7.83. The van der Waals surface area contributed by atoms with Crippen LogP contribution in [-0.4, -0.2) is 48.7 Å². The molecule has 0 atom stereocenters. The number of Topliss-reactive ketones (excluding diaryl/α,β-unsaturated/α-hetero) is 1. The van der Waals surface area contributed by atoms with E-state index in [0.717, 1.165) is 18.8 Å². The molecular formula is C23H27N3O3. The Morgan fingerprint density at radius 3 is 2.17 bits per heavy atom. The summed E-state index contributed by atoms with van der Waals surface area (Å²) in [5, 5.41) is 2.78. The highest BCUT2D eigenvalue weighted by Crippen LogP contribution is 2.24. The zero-order valence-electron chi connectivity index (χ0n) is 17.1. The SMILES string of the molecule is CC(=O)c1cccc(NC(=O)C(C)(C)C(=O)N2CCN(c3ccccc3)CC2)c1. The van der Waals surface area contributed by atoms with E-state index in [-0.39, 0.29) is 17.6 Å². The monoisotopic (exact) mass is 393 g/mol. The van der Waals surface area contributed by atoms with E-state index in [1.807, 2.05) is 18.2 Å². The largest absolute Gasteiger partial charge is 0.368 e. The Bertz CT molecular complexity index is 901. The van der Waals surface area contributed by atoms with Crippen molar-refractivity contribution in [3.05, 3.63) is 60.2 Å². The third kappa shape index (κ3) is 4.65. The Morgan fingerprint density at radius 1 is 0.897 bits per heavy atom. The highest BCUT2D eigenvalue weighted by molar-refractivity contribution is 6.10. The van der Waals surface area contributed by atoms with Crippen LogP contribution in [0.2, 0.25) is 0 Å². The summed E-state index contributed by atoms with van der Waals surface area (Å²) in [6.07, 6.45) is 0. The van der Waals surface area contributed by atoms with E-state index < -0.39 is 5.41 Å². The number of amides is 2. The third-order valence-electron chi connectivity index (χ3n) is 5.32. The first-order valence-corrected chi connectivity index (χ1v) is 9.81. The Balaban J connectivity index is 1.63. The fourth-order valence-electron chi connectivity index (χ4n) is 3.40. The molecule has 1 aliphatic rings. The maximum atomic E-state index is 13.1. The lowest BCUT2D eigenvalue weighted by Crippen LogP contribution is -2.54. The summed E-state index contributed by atoms with van der Waals surface area (Å²) in [4.78, 5) is 41.4. The van der Waals surface area contributed by atoms with Gasteiger partial charge in [-0.15, -0.1) is 0 Å². The van der Waals surface area contributed by atoms with Gasteiger partial charge in [0.1, 0.15) is 5.41 Å². The molecule has 0 spiro atoms. The lowest BCUT2D eigenvalue weighted by Gasteiger charge is -2.39. The first-order valence-electron chi connectivity index (χ1n) is 9.81. The molecule has 0 aromatic heterocycles. The number of piperazine rings is 1. The van der Waals surface area contributed by atoms with Crippen molar-refractivity contribution >= 4 is 29.0 Å². The lowest BCUT2D eigenvalue weighted by atomic mass is 9.89. The van der Waals surface area contributed by atoms with Crippen LogP contribution in [0.25, 0.3) is 0 Å². The van der Waals surface area contributed by atoms with Gasteiger partial charge in [0.2, 0.25) is 11.8 Å². The van der Waals surface area contributed by atoms with Crippen LogP contribution < -0.4 is 10.2 Å². The van der Waals surface area contributed by atoms with Gasteiger partial charge in [-0.25, -0.2) is 0 Å². The Hall–Kier alpha value is -3.15. The quantitative estimate of drug-likeness (QED) is 0.626. The minimum atomic E-state index is -1.21. The summed E-state index contributed by atoms with van der Waals surface area (Å²) in [6.45, 7) is 7.37. The summed E-state index contributed by atoms with van der Waals surface area (Å²) in [5.74, 6) is -0.646. The molecule has 2 aromatic rings. The number of carbonyl (C=O) groups is 3. The number of rotatable bonds is 5. The van der Waals surface area contributed by atoms with E-state index in [1.54, 1.807) is 43.0 Å². The van der Waals surface area contributed by atoms with Crippen molar-refractivity contribution in [3.63, 3.8) is 0 Å². The van der Waals surface area contributed by atoms with Crippen LogP contribution >= 0.6 is 0 Å². The fourth-order valence-corrected chi connectivity index (χ4v) is 3.40. The van der Waals surface area contributed by atoms with Gasteiger partial charge in [-0.1, -0.05) is 30.3 Å². The van der Waals surface area contributed by atoms with Crippen LogP contribution in [0, 0.1) is 5.41 Å². The predicted octanol–water partition coefficient (Wildman–Crippen LogP) is 3.20. The van der Waals surface area contributed by atoms with Gasteiger partial charge in [-0.05, 0) is 45.0 Å². The number of benzene rings is 2.